The molecular weight excluding hydrogens is 427 g/mol. The molecule has 0 aliphatic heterocycles. The van der Waals surface area contributed by atoms with Crippen LogP contribution in [-0.2, 0) is 6.54 Å². The lowest BCUT2D eigenvalue weighted by atomic mass is 10.1. The summed E-state index contributed by atoms with van der Waals surface area (Å²) >= 11 is 3.40. The number of carbonyl (C=O) groups excluding carboxylic acids is 1. The summed E-state index contributed by atoms with van der Waals surface area (Å²) in [4.78, 5) is 12.4. The predicted molar refractivity (Wildman–Crippen MR) is 105 cm³/mol. The summed E-state index contributed by atoms with van der Waals surface area (Å²) in [6, 6.07) is 15.2. The van der Waals surface area contributed by atoms with Crippen molar-refractivity contribution in [2.45, 2.75) is 6.54 Å². The molecule has 0 spiro atoms. The first-order valence-electron chi connectivity index (χ1n) is 8.38. The summed E-state index contributed by atoms with van der Waals surface area (Å²) < 4.78 is 20.9. The van der Waals surface area contributed by atoms with Crippen molar-refractivity contribution in [2.24, 2.45) is 0 Å². The summed E-state index contributed by atoms with van der Waals surface area (Å²) in [5, 5.41) is 10.8. The Balaban J connectivity index is 1.42. The molecule has 4 rings (SSSR count). The van der Waals surface area contributed by atoms with E-state index in [4.69, 9.17) is 4.52 Å². The first-order chi connectivity index (χ1) is 13.6. The molecule has 2 heterocycles. The Kier molecular flexibility index (Phi) is 5.03. The minimum absolute atomic E-state index is 0.125. The minimum atomic E-state index is -0.416. The molecular formula is C20H14BrFN4O2. The Bertz CT molecular complexity index is 1100. The summed E-state index contributed by atoms with van der Waals surface area (Å²) in [5.41, 5.74) is 2.40. The van der Waals surface area contributed by atoms with Gasteiger partial charge in [-0.3, -0.25) is 9.48 Å². The lowest BCUT2D eigenvalue weighted by Gasteiger charge is -2.02. The second-order valence-corrected chi connectivity index (χ2v) is 7.01. The topological polar surface area (TPSA) is 73.0 Å². The van der Waals surface area contributed by atoms with E-state index in [9.17, 15) is 9.18 Å². The van der Waals surface area contributed by atoms with E-state index >= 15 is 0 Å². The highest BCUT2D eigenvalue weighted by atomic mass is 79.9. The van der Waals surface area contributed by atoms with Crippen LogP contribution in [0.25, 0.3) is 11.3 Å². The number of aromatic nitrogens is 3. The third-order valence-corrected chi connectivity index (χ3v) is 4.55. The van der Waals surface area contributed by atoms with Crippen LogP contribution in [0.2, 0.25) is 0 Å². The monoisotopic (exact) mass is 440 g/mol. The number of hydrogen-bond donors (Lipinski definition) is 1. The largest absolute Gasteiger partial charge is 0.355 e. The molecule has 1 amide bonds. The highest BCUT2D eigenvalue weighted by molar-refractivity contribution is 9.10. The van der Waals surface area contributed by atoms with Crippen molar-refractivity contribution in [3.8, 4) is 11.3 Å². The number of nitrogens with one attached hydrogen (secondary N) is 1. The number of anilines is 1. The van der Waals surface area contributed by atoms with Gasteiger partial charge in [0.1, 0.15) is 5.82 Å². The van der Waals surface area contributed by atoms with Crippen molar-refractivity contribution >= 4 is 27.5 Å². The summed E-state index contributed by atoms with van der Waals surface area (Å²) in [5.74, 6) is -0.377. The van der Waals surface area contributed by atoms with Crippen molar-refractivity contribution in [1.29, 1.82) is 0 Å². The number of nitrogens with zero attached hydrogens (tertiary/aromatic N) is 3. The van der Waals surface area contributed by atoms with Crippen LogP contribution in [0.3, 0.4) is 0 Å². The lowest BCUT2D eigenvalue weighted by Crippen LogP contribution is -2.11. The van der Waals surface area contributed by atoms with Crippen molar-refractivity contribution in [2.75, 3.05) is 5.32 Å². The van der Waals surface area contributed by atoms with Gasteiger partial charge in [0.05, 0.1) is 18.4 Å². The number of carbonyl (C=O) groups is 1. The molecule has 28 heavy (non-hydrogen) atoms. The molecule has 2 aromatic heterocycles. The van der Waals surface area contributed by atoms with Crippen LogP contribution in [0, 0.1) is 5.82 Å². The molecule has 0 radical (unpaired) electrons. The molecule has 0 saturated carbocycles. The van der Waals surface area contributed by atoms with E-state index in [1.807, 2.05) is 24.3 Å². The number of halogens is 2. The van der Waals surface area contributed by atoms with E-state index in [0.717, 1.165) is 10.0 Å². The average Bonchev–Trinajstić information content (AvgIpc) is 3.34. The molecule has 0 aliphatic carbocycles. The quantitative estimate of drug-likeness (QED) is 0.486. The molecule has 1 N–H and O–H groups in total. The summed E-state index contributed by atoms with van der Waals surface area (Å²) in [7, 11) is 0. The van der Waals surface area contributed by atoms with Gasteiger partial charge in [0.25, 0.3) is 5.91 Å². The van der Waals surface area contributed by atoms with Crippen LogP contribution >= 0.6 is 15.9 Å². The van der Waals surface area contributed by atoms with E-state index in [2.05, 4.69) is 31.5 Å². The molecule has 0 fully saturated rings. The van der Waals surface area contributed by atoms with Crippen molar-refractivity contribution in [3.63, 3.8) is 0 Å². The van der Waals surface area contributed by atoms with Crippen LogP contribution in [-0.4, -0.2) is 20.8 Å². The van der Waals surface area contributed by atoms with Gasteiger partial charge in [-0.15, -0.1) is 0 Å². The van der Waals surface area contributed by atoms with Crippen LogP contribution in [0.1, 0.15) is 16.1 Å². The fourth-order valence-electron chi connectivity index (χ4n) is 2.62. The number of benzene rings is 2. The predicted octanol–water partition coefficient (Wildman–Crippen LogP) is 4.74. The Morgan fingerprint density at radius 3 is 2.64 bits per heavy atom. The number of amides is 1. The van der Waals surface area contributed by atoms with Crippen molar-refractivity contribution in [3.05, 3.63) is 88.5 Å². The molecule has 6 nitrogen and oxygen atoms in total. The SMILES string of the molecule is O=C(Nc1cnn(Cc2ccc(Br)cc2)c1)c1cc(-c2ccc(F)cc2)on1. The Morgan fingerprint density at radius 2 is 1.89 bits per heavy atom. The van der Waals surface area contributed by atoms with Gasteiger partial charge in [-0.25, -0.2) is 4.39 Å². The smallest absolute Gasteiger partial charge is 0.277 e. The molecule has 4 aromatic rings. The van der Waals surface area contributed by atoms with Gasteiger partial charge < -0.3 is 9.84 Å². The maximum atomic E-state index is 13.0. The standard InChI is InChI=1S/C20H14BrFN4O2/c21-15-5-1-13(2-6-15)11-26-12-17(10-23-26)24-20(27)18-9-19(28-25-18)14-3-7-16(22)8-4-14/h1-10,12H,11H2,(H,24,27). The normalized spacial score (nSPS) is 10.8. The molecule has 0 atom stereocenters. The van der Waals surface area contributed by atoms with Gasteiger partial charge in [0.15, 0.2) is 11.5 Å². The van der Waals surface area contributed by atoms with E-state index in [1.165, 1.54) is 18.2 Å². The van der Waals surface area contributed by atoms with Crippen LogP contribution in [0.15, 0.2) is 76.0 Å². The van der Waals surface area contributed by atoms with E-state index in [0.29, 0.717) is 23.6 Å². The second kappa shape index (κ2) is 7.77. The maximum Gasteiger partial charge on any atom is 0.277 e. The van der Waals surface area contributed by atoms with Gasteiger partial charge in [0.2, 0.25) is 0 Å². The highest BCUT2D eigenvalue weighted by Gasteiger charge is 2.15. The highest BCUT2D eigenvalue weighted by Crippen LogP contribution is 2.21. The van der Waals surface area contributed by atoms with E-state index in [-0.39, 0.29) is 11.5 Å². The fraction of sp³-hybridized carbons (Fsp3) is 0.0500. The van der Waals surface area contributed by atoms with Crippen molar-refractivity contribution in [1.82, 2.24) is 14.9 Å². The van der Waals surface area contributed by atoms with Crippen LogP contribution in [0.5, 0.6) is 0 Å². The average molecular weight is 441 g/mol. The van der Waals surface area contributed by atoms with Crippen LogP contribution < -0.4 is 5.32 Å². The number of rotatable bonds is 5. The first kappa shape index (κ1) is 18.1. The van der Waals surface area contributed by atoms with Gasteiger partial charge >= 0.3 is 0 Å². The third-order valence-electron chi connectivity index (χ3n) is 4.02. The molecule has 140 valence electrons. The summed E-state index contributed by atoms with van der Waals surface area (Å²) in [6.45, 7) is 0.585. The van der Waals surface area contributed by atoms with Gasteiger partial charge in [-0.2, -0.15) is 5.10 Å². The van der Waals surface area contributed by atoms with E-state index < -0.39 is 5.91 Å². The van der Waals surface area contributed by atoms with Gasteiger partial charge in [0, 0.05) is 22.3 Å². The Hall–Kier alpha value is -3.26. The Labute approximate surface area is 168 Å². The van der Waals surface area contributed by atoms with Gasteiger partial charge in [-0.05, 0) is 42.0 Å². The molecule has 0 unspecified atom stereocenters. The minimum Gasteiger partial charge on any atom is -0.355 e. The Morgan fingerprint density at radius 1 is 1.14 bits per heavy atom. The second-order valence-electron chi connectivity index (χ2n) is 6.09. The van der Waals surface area contributed by atoms with Crippen molar-refractivity contribution < 1.29 is 13.7 Å². The molecule has 2 aromatic carbocycles. The zero-order valence-electron chi connectivity index (χ0n) is 14.5. The molecule has 0 saturated heterocycles. The molecule has 0 bridgehead atoms. The maximum absolute atomic E-state index is 13.0. The first-order valence-corrected chi connectivity index (χ1v) is 9.17. The summed E-state index contributed by atoms with van der Waals surface area (Å²) in [6.07, 6.45) is 3.30. The fourth-order valence-corrected chi connectivity index (χ4v) is 2.88. The zero-order valence-corrected chi connectivity index (χ0v) is 16.1. The molecule has 0 aliphatic rings. The lowest BCUT2D eigenvalue weighted by molar-refractivity contribution is 0.101. The molecule has 8 heteroatoms. The number of hydrogen-bond acceptors (Lipinski definition) is 4. The zero-order chi connectivity index (χ0) is 19.5. The van der Waals surface area contributed by atoms with Gasteiger partial charge in [-0.1, -0.05) is 33.2 Å². The van der Waals surface area contributed by atoms with Crippen LogP contribution in [0.4, 0.5) is 10.1 Å². The van der Waals surface area contributed by atoms with E-state index in [1.54, 1.807) is 29.2 Å². The third kappa shape index (κ3) is 4.17.